The number of hydrogen-bond acceptors (Lipinski definition) is 1. The number of benzene rings is 2. The molecule has 0 aliphatic heterocycles. The molecule has 0 bridgehead atoms. The van der Waals surface area contributed by atoms with Crippen LogP contribution in [0.2, 0.25) is 0 Å². The van der Waals surface area contributed by atoms with Gasteiger partial charge >= 0.3 is 0 Å². The summed E-state index contributed by atoms with van der Waals surface area (Å²) in [6, 6.07) is 9.78. The van der Waals surface area contributed by atoms with Crippen LogP contribution in [-0.4, -0.2) is 11.8 Å². The Morgan fingerprint density at radius 2 is 1.80 bits per heavy atom. The summed E-state index contributed by atoms with van der Waals surface area (Å²) in [5.41, 5.74) is 1.22. The van der Waals surface area contributed by atoms with Crippen LogP contribution in [0.3, 0.4) is 0 Å². The molecule has 0 fully saturated rings. The van der Waals surface area contributed by atoms with E-state index in [2.05, 4.69) is 5.32 Å². The Balaban J connectivity index is 2.13. The molecule has 1 N–H and O–H groups in total. The van der Waals surface area contributed by atoms with Gasteiger partial charge in [0.15, 0.2) is 0 Å². The van der Waals surface area contributed by atoms with Crippen LogP contribution in [-0.2, 0) is 6.42 Å². The molecule has 0 heterocycles. The van der Waals surface area contributed by atoms with Gasteiger partial charge in [-0.15, -0.1) is 11.6 Å². The maximum atomic E-state index is 13.4. The summed E-state index contributed by atoms with van der Waals surface area (Å²) in [6.07, 6.45) is 0.730. The summed E-state index contributed by atoms with van der Waals surface area (Å²) < 4.78 is 26.5. The molecule has 0 aliphatic carbocycles. The van der Waals surface area contributed by atoms with Crippen LogP contribution in [0.15, 0.2) is 42.5 Å². The van der Waals surface area contributed by atoms with Gasteiger partial charge in [0.05, 0.1) is 5.56 Å². The smallest absolute Gasteiger partial charge is 0.258 e. The first kappa shape index (κ1) is 14.5. The summed E-state index contributed by atoms with van der Waals surface area (Å²) in [5, 5.41) is 2.52. The molecule has 1 amide bonds. The van der Waals surface area contributed by atoms with Gasteiger partial charge in [-0.25, -0.2) is 8.78 Å². The molecule has 2 aromatic rings. The van der Waals surface area contributed by atoms with E-state index in [4.69, 9.17) is 11.6 Å². The lowest BCUT2D eigenvalue weighted by Gasteiger charge is -2.07. The molecular weight excluding hydrogens is 284 g/mol. The Labute approximate surface area is 120 Å². The molecule has 0 aromatic heterocycles. The molecule has 2 rings (SSSR count). The minimum atomic E-state index is -0.761. The SMILES string of the molecule is O=C(Nc1ccc(CCCl)cc1)c1cc(F)ccc1F. The Bertz CT molecular complexity index is 614. The molecule has 104 valence electrons. The van der Waals surface area contributed by atoms with Gasteiger partial charge in [-0.3, -0.25) is 4.79 Å². The van der Waals surface area contributed by atoms with Gasteiger partial charge in [0.1, 0.15) is 11.6 Å². The second-order valence-corrected chi connectivity index (χ2v) is 4.59. The van der Waals surface area contributed by atoms with Crippen LogP contribution in [0.5, 0.6) is 0 Å². The number of nitrogens with one attached hydrogen (secondary N) is 1. The second-order valence-electron chi connectivity index (χ2n) is 4.21. The van der Waals surface area contributed by atoms with Gasteiger partial charge in [0.2, 0.25) is 0 Å². The van der Waals surface area contributed by atoms with Crippen molar-refractivity contribution in [2.24, 2.45) is 0 Å². The monoisotopic (exact) mass is 295 g/mol. The first-order chi connectivity index (χ1) is 9.60. The van der Waals surface area contributed by atoms with Crippen LogP contribution in [0.1, 0.15) is 15.9 Å². The molecular formula is C15H12ClF2NO. The average molecular weight is 296 g/mol. The fraction of sp³-hybridized carbons (Fsp3) is 0.133. The first-order valence-electron chi connectivity index (χ1n) is 6.01. The zero-order valence-corrected chi connectivity index (χ0v) is 11.3. The highest BCUT2D eigenvalue weighted by molar-refractivity contribution is 6.18. The van der Waals surface area contributed by atoms with E-state index in [9.17, 15) is 13.6 Å². The number of amides is 1. The third-order valence-corrected chi connectivity index (χ3v) is 2.96. The summed E-state index contributed by atoms with van der Waals surface area (Å²) in [5.74, 6) is -1.59. The maximum Gasteiger partial charge on any atom is 0.258 e. The number of halogens is 3. The lowest BCUT2D eigenvalue weighted by atomic mass is 10.1. The van der Waals surface area contributed by atoms with Gasteiger partial charge in [-0.05, 0) is 42.3 Å². The maximum absolute atomic E-state index is 13.4. The average Bonchev–Trinajstić information content (AvgIpc) is 2.44. The highest BCUT2D eigenvalue weighted by atomic mass is 35.5. The minimum Gasteiger partial charge on any atom is -0.322 e. The normalized spacial score (nSPS) is 10.3. The second kappa shape index (κ2) is 6.48. The zero-order valence-electron chi connectivity index (χ0n) is 10.5. The molecule has 20 heavy (non-hydrogen) atoms. The van der Waals surface area contributed by atoms with E-state index in [-0.39, 0.29) is 5.56 Å². The standard InChI is InChI=1S/C15H12ClF2NO/c16-8-7-10-1-4-12(5-2-10)19-15(20)13-9-11(17)3-6-14(13)18/h1-6,9H,7-8H2,(H,19,20). The van der Waals surface area contributed by atoms with Crippen molar-refractivity contribution < 1.29 is 13.6 Å². The van der Waals surface area contributed by atoms with E-state index in [0.717, 1.165) is 30.2 Å². The molecule has 0 saturated carbocycles. The molecule has 0 spiro atoms. The predicted octanol–water partition coefficient (Wildman–Crippen LogP) is 4.00. The van der Waals surface area contributed by atoms with E-state index in [0.29, 0.717) is 11.6 Å². The van der Waals surface area contributed by atoms with Crippen molar-refractivity contribution in [3.63, 3.8) is 0 Å². The largest absolute Gasteiger partial charge is 0.322 e. The third kappa shape index (κ3) is 3.54. The van der Waals surface area contributed by atoms with Crippen LogP contribution in [0.25, 0.3) is 0 Å². The van der Waals surface area contributed by atoms with Crippen molar-refractivity contribution in [2.45, 2.75) is 6.42 Å². The summed E-state index contributed by atoms with van der Waals surface area (Å²) in [6.45, 7) is 0. The van der Waals surface area contributed by atoms with E-state index in [1.165, 1.54) is 0 Å². The molecule has 2 nitrogen and oxygen atoms in total. The highest BCUT2D eigenvalue weighted by Crippen LogP contribution is 2.15. The van der Waals surface area contributed by atoms with Crippen LogP contribution in [0.4, 0.5) is 14.5 Å². The van der Waals surface area contributed by atoms with Crippen molar-refractivity contribution in [1.82, 2.24) is 0 Å². The summed E-state index contributed by atoms with van der Waals surface area (Å²) in [7, 11) is 0. The van der Waals surface area contributed by atoms with Crippen LogP contribution < -0.4 is 5.32 Å². The first-order valence-corrected chi connectivity index (χ1v) is 6.55. The number of aryl methyl sites for hydroxylation is 1. The van der Waals surface area contributed by atoms with E-state index < -0.39 is 17.5 Å². The summed E-state index contributed by atoms with van der Waals surface area (Å²) >= 11 is 5.63. The van der Waals surface area contributed by atoms with Crippen molar-refractivity contribution in [3.8, 4) is 0 Å². The molecule has 0 radical (unpaired) electrons. The molecule has 0 aliphatic rings. The van der Waals surface area contributed by atoms with Crippen LogP contribution in [0, 0.1) is 11.6 Å². The molecule has 2 aromatic carbocycles. The number of alkyl halides is 1. The van der Waals surface area contributed by atoms with Crippen molar-refractivity contribution in [3.05, 3.63) is 65.2 Å². The van der Waals surface area contributed by atoms with Gasteiger partial charge in [0.25, 0.3) is 5.91 Å². The Morgan fingerprint density at radius 3 is 2.45 bits per heavy atom. The number of rotatable bonds is 4. The zero-order chi connectivity index (χ0) is 14.5. The minimum absolute atomic E-state index is 0.324. The Morgan fingerprint density at radius 1 is 1.10 bits per heavy atom. The lowest BCUT2D eigenvalue weighted by molar-refractivity contribution is 0.102. The summed E-state index contributed by atoms with van der Waals surface area (Å²) in [4.78, 5) is 11.9. The van der Waals surface area contributed by atoms with Crippen molar-refractivity contribution in [2.75, 3.05) is 11.2 Å². The lowest BCUT2D eigenvalue weighted by Crippen LogP contribution is -2.14. The van der Waals surface area contributed by atoms with E-state index >= 15 is 0 Å². The Kier molecular flexibility index (Phi) is 4.69. The van der Waals surface area contributed by atoms with Gasteiger partial charge < -0.3 is 5.32 Å². The number of carbonyl (C=O) groups is 1. The third-order valence-electron chi connectivity index (χ3n) is 2.77. The fourth-order valence-electron chi connectivity index (χ4n) is 1.73. The number of anilines is 1. The number of hydrogen-bond donors (Lipinski definition) is 1. The highest BCUT2D eigenvalue weighted by Gasteiger charge is 2.12. The molecule has 0 unspecified atom stereocenters. The van der Waals surface area contributed by atoms with Gasteiger partial charge in [0, 0.05) is 11.6 Å². The van der Waals surface area contributed by atoms with Gasteiger partial charge in [-0.1, -0.05) is 12.1 Å². The number of carbonyl (C=O) groups excluding carboxylic acids is 1. The van der Waals surface area contributed by atoms with E-state index in [1.54, 1.807) is 12.1 Å². The molecule has 0 saturated heterocycles. The molecule has 5 heteroatoms. The topological polar surface area (TPSA) is 29.1 Å². The van der Waals surface area contributed by atoms with Crippen molar-refractivity contribution >= 4 is 23.2 Å². The molecule has 0 atom stereocenters. The van der Waals surface area contributed by atoms with E-state index in [1.807, 2.05) is 12.1 Å². The van der Waals surface area contributed by atoms with Crippen molar-refractivity contribution in [1.29, 1.82) is 0 Å². The van der Waals surface area contributed by atoms with Crippen LogP contribution >= 0.6 is 11.6 Å². The predicted molar refractivity (Wildman–Crippen MR) is 75.2 cm³/mol. The van der Waals surface area contributed by atoms with Gasteiger partial charge in [-0.2, -0.15) is 0 Å². The fourth-order valence-corrected chi connectivity index (χ4v) is 1.95. The quantitative estimate of drug-likeness (QED) is 0.849. The Hall–Kier alpha value is -1.94.